The van der Waals surface area contributed by atoms with E-state index in [9.17, 15) is 9.18 Å². The van der Waals surface area contributed by atoms with E-state index < -0.39 is 17.7 Å². The molecule has 0 aromatic heterocycles. The van der Waals surface area contributed by atoms with Gasteiger partial charge in [0.15, 0.2) is 10.8 Å². The van der Waals surface area contributed by atoms with Gasteiger partial charge in [-0.2, -0.15) is 0 Å². The number of hydrogen-bond donors (Lipinski definition) is 2. The Morgan fingerprint density at radius 1 is 1.12 bits per heavy atom. The average Bonchev–Trinajstić information content (AvgIpc) is 2.76. The first-order valence-electron chi connectivity index (χ1n) is 10.1. The van der Waals surface area contributed by atoms with Crippen molar-refractivity contribution in [2.45, 2.75) is 18.7 Å². The number of nitrogens with zero attached hydrogens (tertiary/aromatic N) is 1. The molecule has 2 heterocycles. The molecule has 1 fully saturated rings. The molecule has 0 unspecified atom stereocenters. The van der Waals surface area contributed by atoms with Crippen LogP contribution < -0.4 is 20.3 Å². The molecular formula is C24H19ClFN3O2S. The van der Waals surface area contributed by atoms with Crippen LogP contribution in [0.5, 0.6) is 5.75 Å². The van der Waals surface area contributed by atoms with Gasteiger partial charge in [-0.3, -0.25) is 9.69 Å². The van der Waals surface area contributed by atoms with Crippen LogP contribution in [0.1, 0.15) is 18.5 Å². The minimum Gasteiger partial charge on any atom is -0.467 e. The number of halogens is 2. The number of para-hydroxylation sites is 1. The van der Waals surface area contributed by atoms with Gasteiger partial charge in [-0.25, -0.2) is 4.39 Å². The number of ether oxygens (including phenoxy) is 1. The molecular weight excluding hydrogens is 449 g/mol. The number of amides is 1. The lowest BCUT2D eigenvalue weighted by atomic mass is 9.78. The third kappa shape index (κ3) is 3.38. The predicted molar refractivity (Wildman–Crippen MR) is 126 cm³/mol. The summed E-state index contributed by atoms with van der Waals surface area (Å²) in [7, 11) is 0. The van der Waals surface area contributed by atoms with Gasteiger partial charge in [-0.1, -0.05) is 29.8 Å². The molecule has 2 aliphatic rings. The molecule has 5 nitrogen and oxygen atoms in total. The molecule has 32 heavy (non-hydrogen) atoms. The molecule has 0 spiro atoms. The Morgan fingerprint density at radius 3 is 2.53 bits per heavy atom. The molecule has 0 saturated carbocycles. The Labute approximate surface area is 195 Å². The van der Waals surface area contributed by atoms with Crippen LogP contribution in [0.4, 0.5) is 15.8 Å². The van der Waals surface area contributed by atoms with E-state index in [0.717, 1.165) is 5.56 Å². The highest BCUT2D eigenvalue weighted by Crippen LogP contribution is 2.49. The van der Waals surface area contributed by atoms with E-state index >= 15 is 0 Å². The predicted octanol–water partition coefficient (Wildman–Crippen LogP) is 5.28. The number of thiocarbonyl (C=S) groups is 1. The molecule has 3 aromatic carbocycles. The lowest BCUT2D eigenvalue weighted by Crippen LogP contribution is -2.72. The quantitative estimate of drug-likeness (QED) is 0.513. The number of rotatable bonds is 3. The molecule has 0 aliphatic carbocycles. The van der Waals surface area contributed by atoms with E-state index in [0.29, 0.717) is 27.3 Å². The Bertz CT molecular complexity index is 1200. The van der Waals surface area contributed by atoms with Gasteiger partial charge in [-0.05, 0) is 73.7 Å². The number of nitrogens with one attached hydrogen (secondary N) is 2. The van der Waals surface area contributed by atoms with E-state index in [2.05, 4.69) is 10.6 Å². The normalized spacial score (nSPS) is 23.6. The number of fused-ring (bicyclic) bond motifs is 4. The van der Waals surface area contributed by atoms with Crippen LogP contribution in [0, 0.1) is 11.7 Å². The molecule has 3 aromatic rings. The van der Waals surface area contributed by atoms with Gasteiger partial charge in [0.25, 0.3) is 0 Å². The lowest BCUT2D eigenvalue weighted by Gasteiger charge is -2.56. The van der Waals surface area contributed by atoms with Crippen LogP contribution in [0.3, 0.4) is 0 Å². The van der Waals surface area contributed by atoms with Crippen LogP contribution in [0.25, 0.3) is 0 Å². The summed E-state index contributed by atoms with van der Waals surface area (Å²) < 4.78 is 20.1. The van der Waals surface area contributed by atoms with Gasteiger partial charge >= 0.3 is 0 Å². The van der Waals surface area contributed by atoms with Gasteiger partial charge in [0.1, 0.15) is 17.5 Å². The lowest BCUT2D eigenvalue weighted by molar-refractivity contribution is -0.130. The number of anilines is 2. The second kappa shape index (κ2) is 7.76. The summed E-state index contributed by atoms with van der Waals surface area (Å²) in [6.45, 7) is 1.83. The molecule has 162 valence electrons. The maximum Gasteiger partial charge on any atom is 0.236 e. The van der Waals surface area contributed by atoms with E-state index in [1.807, 2.05) is 31.2 Å². The molecule has 8 heteroatoms. The van der Waals surface area contributed by atoms with E-state index in [4.69, 9.17) is 28.6 Å². The number of hydrogen-bond acceptors (Lipinski definition) is 3. The van der Waals surface area contributed by atoms with Crippen LogP contribution in [0.15, 0.2) is 72.8 Å². The minimum atomic E-state index is -1.16. The SMILES string of the molecule is C[C@]12Oc3ccccc3[C@H](NC(=S)N1c1ccc(F)cc1)[C@@H]2C(=O)Nc1ccc(Cl)cc1. The zero-order chi connectivity index (χ0) is 22.5. The van der Waals surface area contributed by atoms with Crippen molar-refractivity contribution in [1.82, 2.24) is 5.32 Å². The Balaban J connectivity index is 1.60. The zero-order valence-corrected chi connectivity index (χ0v) is 18.6. The van der Waals surface area contributed by atoms with Crippen molar-refractivity contribution in [2.24, 2.45) is 5.92 Å². The van der Waals surface area contributed by atoms with Gasteiger partial charge in [0.2, 0.25) is 5.91 Å². The van der Waals surface area contributed by atoms with Crippen molar-refractivity contribution in [2.75, 3.05) is 10.2 Å². The Hall–Kier alpha value is -3.16. The molecule has 2 aliphatic heterocycles. The fourth-order valence-electron chi connectivity index (χ4n) is 4.46. The second-order valence-electron chi connectivity index (χ2n) is 7.91. The molecule has 0 radical (unpaired) electrons. The van der Waals surface area contributed by atoms with Crippen LogP contribution >= 0.6 is 23.8 Å². The summed E-state index contributed by atoms with van der Waals surface area (Å²) in [5, 5.41) is 7.27. The zero-order valence-electron chi connectivity index (χ0n) is 17.0. The van der Waals surface area contributed by atoms with E-state index in [-0.39, 0.29) is 11.7 Å². The first-order valence-corrected chi connectivity index (χ1v) is 10.9. The fraction of sp³-hybridized carbons (Fsp3) is 0.167. The van der Waals surface area contributed by atoms with Crippen LogP contribution in [-0.4, -0.2) is 16.7 Å². The van der Waals surface area contributed by atoms with E-state index in [1.54, 1.807) is 41.3 Å². The van der Waals surface area contributed by atoms with Gasteiger partial charge in [0, 0.05) is 22.0 Å². The summed E-state index contributed by atoms with van der Waals surface area (Å²) in [6, 6.07) is 20.0. The molecule has 1 saturated heterocycles. The fourth-order valence-corrected chi connectivity index (χ4v) is 5.00. The van der Waals surface area contributed by atoms with Gasteiger partial charge < -0.3 is 15.4 Å². The summed E-state index contributed by atoms with van der Waals surface area (Å²) >= 11 is 11.7. The largest absolute Gasteiger partial charge is 0.467 e. The molecule has 3 atom stereocenters. The maximum absolute atomic E-state index is 13.6. The first kappa shape index (κ1) is 20.7. The molecule has 1 amide bonds. The van der Waals surface area contributed by atoms with Crippen LogP contribution in [-0.2, 0) is 4.79 Å². The highest BCUT2D eigenvalue weighted by molar-refractivity contribution is 7.80. The number of benzene rings is 3. The average molecular weight is 468 g/mol. The number of carbonyl (C=O) groups excluding carboxylic acids is 1. The second-order valence-corrected chi connectivity index (χ2v) is 8.73. The van der Waals surface area contributed by atoms with Gasteiger partial charge in [-0.15, -0.1) is 0 Å². The molecule has 5 rings (SSSR count). The minimum absolute atomic E-state index is 0.239. The summed E-state index contributed by atoms with van der Waals surface area (Å²) in [5.41, 5.74) is 0.932. The highest BCUT2D eigenvalue weighted by atomic mass is 35.5. The number of carbonyl (C=O) groups is 1. The molecule has 2 bridgehead atoms. The third-order valence-electron chi connectivity index (χ3n) is 5.89. The Kier molecular flexibility index (Phi) is 5.03. The van der Waals surface area contributed by atoms with Crippen LogP contribution in [0.2, 0.25) is 5.02 Å². The monoisotopic (exact) mass is 467 g/mol. The summed E-state index contributed by atoms with van der Waals surface area (Å²) in [4.78, 5) is 15.4. The molecule has 2 N–H and O–H groups in total. The summed E-state index contributed by atoms with van der Waals surface area (Å²) in [5.74, 6) is -0.612. The van der Waals surface area contributed by atoms with Crippen molar-refractivity contribution in [3.63, 3.8) is 0 Å². The van der Waals surface area contributed by atoms with Crippen molar-refractivity contribution >= 4 is 46.2 Å². The third-order valence-corrected chi connectivity index (χ3v) is 6.44. The van der Waals surface area contributed by atoms with E-state index in [1.165, 1.54) is 12.1 Å². The smallest absolute Gasteiger partial charge is 0.236 e. The summed E-state index contributed by atoms with van der Waals surface area (Å²) in [6.07, 6.45) is 0. The van der Waals surface area contributed by atoms with Crippen molar-refractivity contribution in [1.29, 1.82) is 0 Å². The first-order chi connectivity index (χ1) is 15.4. The van der Waals surface area contributed by atoms with Gasteiger partial charge in [0.05, 0.1) is 6.04 Å². The van der Waals surface area contributed by atoms with Crippen molar-refractivity contribution in [3.8, 4) is 5.75 Å². The maximum atomic E-state index is 13.6. The highest BCUT2D eigenvalue weighted by Gasteiger charge is 2.59. The standard InChI is InChI=1S/C24H19ClFN3O2S/c1-24-20(22(30)27-16-10-6-14(25)7-11-16)21(18-4-2-3-5-19(18)31-24)28-23(32)29(24)17-12-8-15(26)9-13-17/h2-13,20-21H,1H3,(H,27,30)(H,28,32)/t20-,21+,24-/m1/s1. The van der Waals surface area contributed by atoms with Crippen molar-refractivity contribution < 1.29 is 13.9 Å². The topological polar surface area (TPSA) is 53.6 Å². The Morgan fingerprint density at radius 2 is 1.81 bits per heavy atom. The van der Waals surface area contributed by atoms with Crippen molar-refractivity contribution in [3.05, 3.63) is 89.2 Å².